The number of carbonyl (C=O) groups is 3. The number of carbonyl (C=O) groups excluding carboxylic acids is 3. The summed E-state index contributed by atoms with van der Waals surface area (Å²) in [7, 11) is 0. The van der Waals surface area contributed by atoms with Gasteiger partial charge in [-0.3, -0.25) is 14.4 Å². The standard InChI is InChI=1S/C27H31N3O5/c1-16-8-9-17(2)19(14-16)29-25(33)23-27-11-10-20(35-27)21(22(27)26(34)30(23)12-13-31)24(32)28-15-18-6-4-3-5-7-18/h3-9,14,20-23,31H,10-13,15H2,1-2H3,(H,28,32)(H,29,33)/t20-,21+,22+,23?,27?/m1/s1. The lowest BCUT2D eigenvalue weighted by molar-refractivity contribution is -0.141. The Morgan fingerprint density at radius 1 is 1.14 bits per heavy atom. The molecule has 5 rings (SSSR count). The first-order chi connectivity index (χ1) is 16.9. The average Bonchev–Trinajstić information content (AvgIpc) is 3.48. The van der Waals surface area contributed by atoms with E-state index in [9.17, 15) is 19.5 Å². The van der Waals surface area contributed by atoms with Crippen LogP contribution in [0.4, 0.5) is 5.69 Å². The number of aryl methyl sites for hydroxylation is 2. The second-order valence-corrected chi connectivity index (χ2v) is 9.82. The van der Waals surface area contributed by atoms with E-state index in [0.29, 0.717) is 25.1 Å². The van der Waals surface area contributed by atoms with Crippen LogP contribution in [0.5, 0.6) is 0 Å². The van der Waals surface area contributed by atoms with Crippen LogP contribution in [-0.4, -0.2) is 58.6 Å². The van der Waals surface area contributed by atoms with Crippen LogP contribution in [0.15, 0.2) is 48.5 Å². The number of hydrogen-bond donors (Lipinski definition) is 3. The number of aliphatic hydroxyl groups excluding tert-OH is 1. The van der Waals surface area contributed by atoms with Gasteiger partial charge in [0.1, 0.15) is 11.6 Å². The Morgan fingerprint density at radius 2 is 1.91 bits per heavy atom. The molecule has 3 saturated heterocycles. The van der Waals surface area contributed by atoms with Crippen LogP contribution in [-0.2, 0) is 25.7 Å². The van der Waals surface area contributed by atoms with Crippen molar-refractivity contribution in [1.29, 1.82) is 0 Å². The quantitative estimate of drug-likeness (QED) is 0.565. The SMILES string of the molecule is Cc1ccc(C)c(NC(=O)C2N(CCO)C(=O)[C@@H]3[C@@H](C(=O)NCc4ccccc4)[C@H]4CCC23O4)c1. The first kappa shape index (κ1) is 23.5. The predicted octanol–water partition coefficient (Wildman–Crippen LogP) is 1.93. The third-order valence-corrected chi connectivity index (χ3v) is 7.65. The lowest BCUT2D eigenvalue weighted by Gasteiger charge is -2.33. The number of ether oxygens (including phenoxy) is 1. The number of β-amino-alcohol motifs (C(OH)–C–C–N with tert-alkyl or cyclic N) is 1. The fourth-order valence-electron chi connectivity index (χ4n) is 6.08. The Hall–Kier alpha value is -3.23. The van der Waals surface area contributed by atoms with Gasteiger partial charge in [0.25, 0.3) is 0 Å². The third-order valence-electron chi connectivity index (χ3n) is 7.65. The second-order valence-electron chi connectivity index (χ2n) is 9.82. The summed E-state index contributed by atoms with van der Waals surface area (Å²) in [5.74, 6) is -2.31. The smallest absolute Gasteiger partial charge is 0.250 e. The van der Waals surface area contributed by atoms with Crippen LogP contribution in [0.2, 0.25) is 0 Å². The Kier molecular flexibility index (Phi) is 6.11. The molecular weight excluding hydrogens is 446 g/mol. The molecule has 3 fully saturated rings. The fourth-order valence-corrected chi connectivity index (χ4v) is 6.08. The molecule has 2 unspecified atom stereocenters. The summed E-state index contributed by atoms with van der Waals surface area (Å²) in [5.41, 5.74) is 2.48. The minimum absolute atomic E-state index is 0.00828. The zero-order valence-corrected chi connectivity index (χ0v) is 20.0. The van der Waals surface area contributed by atoms with Crippen molar-refractivity contribution in [2.24, 2.45) is 11.8 Å². The zero-order chi connectivity index (χ0) is 24.7. The fraction of sp³-hybridized carbons (Fsp3) is 0.444. The van der Waals surface area contributed by atoms with E-state index in [2.05, 4.69) is 10.6 Å². The van der Waals surface area contributed by atoms with Gasteiger partial charge in [0.05, 0.1) is 24.5 Å². The highest BCUT2D eigenvalue weighted by Gasteiger charge is 2.74. The molecule has 184 valence electrons. The molecule has 8 nitrogen and oxygen atoms in total. The molecule has 3 heterocycles. The average molecular weight is 478 g/mol. The summed E-state index contributed by atoms with van der Waals surface area (Å²) >= 11 is 0. The van der Waals surface area contributed by atoms with E-state index in [-0.39, 0.29) is 30.9 Å². The van der Waals surface area contributed by atoms with Crippen molar-refractivity contribution < 1.29 is 24.2 Å². The highest BCUT2D eigenvalue weighted by molar-refractivity contribution is 6.03. The molecule has 0 aliphatic carbocycles. The van der Waals surface area contributed by atoms with E-state index < -0.39 is 29.6 Å². The number of nitrogens with zero attached hydrogens (tertiary/aromatic N) is 1. The molecule has 0 saturated carbocycles. The number of benzene rings is 2. The van der Waals surface area contributed by atoms with Gasteiger partial charge in [-0.1, -0.05) is 42.5 Å². The van der Waals surface area contributed by atoms with Crippen molar-refractivity contribution in [2.45, 2.75) is 51.0 Å². The summed E-state index contributed by atoms with van der Waals surface area (Å²) in [4.78, 5) is 42.0. The van der Waals surface area contributed by atoms with Gasteiger partial charge in [-0.15, -0.1) is 0 Å². The third kappa shape index (κ3) is 3.90. The van der Waals surface area contributed by atoms with Crippen LogP contribution in [0.25, 0.3) is 0 Å². The molecule has 1 spiro atoms. The lowest BCUT2D eigenvalue weighted by Crippen LogP contribution is -2.53. The molecule has 3 aliphatic heterocycles. The molecular formula is C27H31N3O5. The molecule has 0 aromatic heterocycles. The summed E-state index contributed by atoms with van der Waals surface area (Å²) in [6.45, 7) is 3.94. The monoisotopic (exact) mass is 477 g/mol. The van der Waals surface area contributed by atoms with Gasteiger partial charge in [-0.05, 0) is 49.4 Å². The molecule has 35 heavy (non-hydrogen) atoms. The Morgan fingerprint density at radius 3 is 2.66 bits per heavy atom. The number of anilines is 1. The van der Waals surface area contributed by atoms with Crippen LogP contribution in [0, 0.1) is 25.7 Å². The molecule has 2 aromatic carbocycles. The number of rotatable bonds is 7. The molecule has 8 heteroatoms. The number of nitrogens with one attached hydrogen (secondary N) is 2. The van der Waals surface area contributed by atoms with Crippen LogP contribution >= 0.6 is 0 Å². The van der Waals surface area contributed by atoms with Crippen LogP contribution in [0.1, 0.15) is 29.5 Å². The summed E-state index contributed by atoms with van der Waals surface area (Å²) in [5, 5.41) is 15.6. The molecule has 3 aliphatic rings. The number of hydrogen-bond acceptors (Lipinski definition) is 5. The van der Waals surface area contributed by atoms with Gasteiger partial charge in [0.15, 0.2) is 0 Å². The van der Waals surface area contributed by atoms with Gasteiger partial charge < -0.3 is 25.4 Å². The van der Waals surface area contributed by atoms with Crippen molar-refractivity contribution >= 4 is 23.4 Å². The maximum Gasteiger partial charge on any atom is 0.250 e. The van der Waals surface area contributed by atoms with E-state index >= 15 is 0 Å². The van der Waals surface area contributed by atoms with Crippen LogP contribution < -0.4 is 10.6 Å². The summed E-state index contributed by atoms with van der Waals surface area (Å²) < 4.78 is 6.38. The van der Waals surface area contributed by atoms with Gasteiger partial charge in [-0.25, -0.2) is 0 Å². The van der Waals surface area contributed by atoms with Gasteiger partial charge in [0.2, 0.25) is 17.7 Å². The van der Waals surface area contributed by atoms with Crippen molar-refractivity contribution in [3.63, 3.8) is 0 Å². The number of fused-ring (bicyclic) bond motifs is 1. The molecule has 2 bridgehead atoms. The molecule has 5 atom stereocenters. The number of likely N-dealkylation sites (tertiary alicyclic amines) is 1. The van der Waals surface area contributed by atoms with Gasteiger partial charge in [0, 0.05) is 18.8 Å². The van der Waals surface area contributed by atoms with E-state index in [0.717, 1.165) is 16.7 Å². The molecule has 3 amide bonds. The summed E-state index contributed by atoms with van der Waals surface area (Å²) in [6, 6.07) is 14.5. The van der Waals surface area contributed by atoms with Crippen molar-refractivity contribution in [2.75, 3.05) is 18.5 Å². The minimum Gasteiger partial charge on any atom is -0.395 e. The van der Waals surface area contributed by atoms with Crippen molar-refractivity contribution in [1.82, 2.24) is 10.2 Å². The van der Waals surface area contributed by atoms with Crippen molar-refractivity contribution in [3.05, 3.63) is 65.2 Å². The van der Waals surface area contributed by atoms with Crippen molar-refractivity contribution in [3.8, 4) is 0 Å². The normalized spacial score (nSPS) is 28.8. The number of aliphatic hydroxyl groups is 1. The van der Waals surface area contributed by atoms with E-state index in [1.54, 1.807) is 0 Å². The van der Waals surface area contributed by atoms with E-state index in [1.165, 1.54) is 4.90 Å². The Labute approximate surface area is 204 Å². The zero-order valence-electron chi connectivity index (χ0n) is 20.0. The van der Waals surface area contributed by atoms with E-state index in [4.69, 9.17) is 4.74 Å². The largest absolute Gasteiger partial charge is 0.395 e. The topological polar surface area (TPSA) is 108 Å². The highest BCUT2D eigenvalue weighted by atomic mass is 16.5. The first-order valence-corrected chi connectivity index (χ1v) is 12.1. The minimum atomic E-state index is -1.08. The van der Waals surface area contributed by atoms with Gasteiger partial charge in [-0.2, -0.15) is 0 Å². The maximum atomic E-state index is 13.7. The molecule has 2 aromatic rings. The maximum absolute atomic E-state index is 13.7. The summed E-state index contributed by atoms with van der Waals surface area (Å²) in [6.07, 6.45) is 0.712. The molecule has 3 N–H and O–H groups in total. The molecule has 0 radical (unpaired) electrons. The highest BCUT2D eigenvalue weighted by Crippen LogP contribution is 2.58. The van der Waals surface area contributed by atoms with Gasteiger partial charge >= 0.3 is 0 Å². The Balaban J connectivity index is 1.42. The van der Waals surface area contributed by atoms with Crippen LogP contribution in [0.3, 0.4) is 0 Å². The van der Waals surface area contributed by atoms with E-state index in [1.807, 2.05) is 62.4 Å². The lowest BCUT2D eigenvalue weighted by atomic mass is 9.70. The first-order valence-electron chi connectivity index (χ1n) is 12.1. The second kappa shape index (κ2) is 9.09. The Bertz CT molecular complexity index is 1150. The number of amides is 3. The predicted molar refractivity (Wildman–Crippen MR) is 129 cm³/mol.